The Kier molecular flexibility index (Phi) is 4.84. The molecule has 0 spiro atoms. The van der Waals surface area contributed by atoms with Gasteiger partial charge in [0.05, 0.1) is 11.5 Å². The van der Waals surface area contributed by atoms with Crippen molar-refractivity contribution in [3.63, 3.8) is 0 Å². The highest BCUT2D eigenvalue weighted by atomic mass is 19.1. The number of aromatic nitrogens is 2. The first kappa shape index (κ1) is 14.7. The minimum Gasteiger partial charge on any atom is -0.339 e. The Balaban J connectivity index is 2.22. The number of hydrogen-bond donors (Lipinski definition) is 1. The summed E-state index contributed by atoms with van der Waals surface area (Å²) in [5.41, 5.74) is 0.367. The quantitative estimate of drug-likeness (QED) is 0.879. The Bertz CT molecular complexity index is 556. The van der Waals surface area contributed by atoms with Crippen molar-refractivity contribution in [2.45, 2.75) is 39.2 Å². The van der Waals surface area contributed by atoms with Gasteiger partial charge in [0.1, 0.15) is 5.82 Å². The zero-order valence-corrected chi connectivity index (χ0v) is 12.1. The summed E-state index contributed by atoms with van der Waals surface area (Å²) in [6, 6.07) is 6.71. The number of nitrogens with one attached hydrogen (secondary N) is 1. The summed E-state index contributed by atoms with van der Waals surface area (Å²) in [7, 11) is 0. The van der Waals surface area contributed by atoms with Gasteiger partial charge in [-0.15, -0.1) is 0 Å². The molecule has 0 saturated carbocycles. The van der Waals surface area contributed by atoms with E-state index in [9.17, 15) is 4.39 Å². The Hall–Kier alpha value is -1.75. The van der Waals surface area contributed by atoms with E-state index < -0.39 is 0 Å². The van der Waals surface area contributed by atoms with Gasteiger partial charge in [-0.2, -0.15) is 4.98 Å². The molecule has 0 aliphatic heterocycles. The minimum absolute atomic E-state index is 0.0907. The van der Waals surface area contributed by atoms with Gasteiger partial charge >= 0.3 is 0 Å². The monoisotopic (exact) mass is 277 g/mol. The van der Waals surface area contributed by atoms with Crippen molar-refractivity contribution in [3.8, 4) is 11.4 Å². The molecule has 5 heteroatoms. The van der Waals surface area contributed by atoms with Crippen LogP contribution in [0, 0.1) is 5.82 Å². The Morgan fingerprint density at radius 3 is 2.70 bits per heavy atom. The predicted octanol–water partition coefficient (Wildman–Crippen LogP) is 3.37. The lowest BCUT2D eigenvalue weighted by atomic mass is 9.99. The van der Waals surface area contributed by atoms with Gasteiger partial charge in [0.25, 0.3) is 0 Å². The van der Waals surface area contributed by atoms with Crippen LogP contribution in [0.15, 0.2) is 28.8 Å². The Morgan fingerprint density at radius 1 is 1.30 bits per heavy atom. The molecule has 0 radical (unpaired) electrons. The molecule has 1 heterocycles. The van der Waals surface area contributed by atoms with E-state index in [1.165, 1.54) is 6.07 Å². The maximum absolute atomic E-state index is 13.7. The summed E-state index contributed by atoms with van der Waals surface area (Å²) in [6.07, 6.45) is 0.965. The van der Waals surface area contributed by atoms with Crippen LogP contribution in [0.5, 0.6) is 0 Å². The highest BCUT2D eigenvalue weighted by Gasteiger charge is 2.23. The van der Waals surface area contributed by atoms with Gasteiger partial charge in [-0.05, 0) is 25.1 Å². The van der Waals surface area contributed by atoms with Crippen molar-refractivity contribution in [2.24, 2.45) is 0 Å². The highest BCUT2D eigenvalue weighted by Crippen LogP contribution is 2.24. The fourth-order valence-electron chi connectivity index (χ4n) is 2.28. The molecule has 1 aromatic heterocycles. The van der Waals surface area contributed by atoms with E-state index >= 15 is 0 Å². The lowest BCUT2D eigenvalue weighted by Gasteiger charge is -2.20. The zero-order valence-electron chi connectivity index (χ0n) is 12.1. The van der Waals surface area contributed by atoms with Crippen LogP contribution in [0.2, 0.25) is 0 Å². The van der Waals surface area contributed by atoms with E-state index in [2.05, 4.69) is 29.3 Å². The van der Waals surface area contributed by atoms with E-state index in [1.807, 2.05) is 6.92 Å². The summed E-state index contributed by atoms with van der Waals surface area (Å²) in [6.45, 7) is 7.10. The predicted molar refractivity (Wildman–Crippen MR) is 75.9 cm³/mol. The zero-order chi connectivity index (χ0) is 14.5. The van der Waals surface area contributed by atoms with Gasteiger partial charge in [0.15, 0.2) is 0 Å². The maximum Gasteiger partial charge on any atom is 0.231 e. The molecule has 20 heavy (non-hydrogen) atoms. The highest BCUT2D eigenvalue weighted by molar-refractivity contribution is 5.54. The van der Waals surface area contributed by atoms with Gasteiger partial charge in [-0.25, -0.2) is 4.39 Å². The second-order valence-corrected chi connectivity index (χ2v) is 4.80. The van der Waals surface area contributed by atoms with Gasteiger partial charge in [-0.3, -0.25) is 0 Å². The molecule has 0 bridgehead atoms. The van der Waals surface area contributed by atoms with Crippen LogP contribution in [0.1, 0.15) is 39.0 Å². The van der Waals surface area contributed by atoms with Crippen LogP contribution in [-0.4, -0.2) is 22.7 Å². The van der Waals surface area contributed by atoms with E-state index in [0.29, 0.717) is 17.3 Å². The van der Waals surface area contributed by atoms with E-state index in [1.54, 1.807) is 18.2 Å². The van der Waals surface area contributed by atoms with Crippen molar-refractivity contribution in [1.82, 2.24) is 15.5 Å². The van der Waals surface area contributed by atoms with Crippen LogP contribution >= 0.6 is 0 Å². The van der Waals surface area contributed by atoms with Crippen molar-refractivity contribution >= 4 is 0 Å². The molecular weight excluding hydrogens is 257 g/mol. The van der Waals surface area contributed by atoms with E-state index in [0.717, 1.165) is 13.0 Å². The topological polar surface area (TPSA) is 51.0 Å². The average molecular weight is 277 g/mol. The summed E-state index contributed by atoms with van der Waals surface area (Å²) in [5.74, 6) is 0.589. The fourth-order valence-corrected chi connectivity index (χ4v) is 2.28. The number of benzene rings is 1. The van der Waals surface area contributed by atoms with Gasteiger partial charge in [0.2, 0.25) is 11.7 Å². The first-order chi connectivity index (χ1) is 9.67. The molecule has 0 aliphatic carbocycles. The summed E-state index contributed by atoms with van der Waals surface area (Å²) >= 11 is 0. The second-order valence-electron chi connectivity index (χ2n) is 4.80. The molecule has 108 valence electrons. The van der Waals surface area contributed by atoms with Crippen LogP contribution in [0.3, 0.4) is 0 Å². The van der Waals surface area contributed by atoms with Crippen LogP contribution in [0.25, 0.3) is 11.4 Å². The fraction of sp³-hybridized carbons (Fsp3) is 0.467. The average Bonchev–Trinajstić information content (AvgIpc) is 2.94. The van der Waals surface area contributed by atoms with Crippen molar-refractivity contribution in [2.75, 3.05) is 6.54 Å². The Morgan fingerprint density at radius 2 is 2.05 bits per heavy atom. The smallest absolute Gasteiger partial charge is 0.231 e. The summed E-state index contributed by atoms with van der Waals surface area (Å²) in [5, 5.41) is 7.28. The summed E-state index contributed by atoms with van der Waals surface area (Å²) < 4.78 is 19.0. The molecule has 0 fully saturated rings. The van der Waals surface area contributed by atoms with Crippen molar-refractivity contribution in [3.05, 3.63) is 36.0 Å². The standard InChI is InChI=1S/C15H20FN3O/c1-4-13(17-5-2)10(3)15-18-14(19-20-15)11-8-6-7-9-12(11)16/h6-10,13,17H,4-5H2,1-3H3. The summed E-state index contributed by atoms with van der Waals surface area (Å²) in [4.78, 5) is 4.33. The van der Waals surface area contributed by atoms with Crippen LogP contribution < -0.4 is 5.32 Å². The molecule has 2 rings (SSSR count). The molecule has 0 saturated heterocycles. The molecule has 0 aliphatic rings. The molecule has 4 nitrogen and oxygen atoms in total. The molecule has 2 atom stereocenters. The van der Waals surface area contributed by atoms with Crippen molar-refractivity contribution in [1.29, 1.82) is 0 Å². The van der Waals surface area contributed by atoms with Crippen molar-refractivity contribution < 1.29 is 8.91 Å². The largest absolute Gasteiger partial charge is 0.339 e. The molecular formula is C15H20FN3O. The van der Waals surface area contributed by atoms with E-state index in [4.69, 9.17) is 4.52 Å². The normalized spacial score (nSPS) is 14.2. The Labute approximate surface area is 118 Å². The number of hydrogen-bond acceptors (Lipinski definition) is 4. The second kappa shape index (κ2) is 6.61. The third kappa shape index (κ3) is 3.04. The lowest BCUT2D eigenvalue weighted by Crippen LogP contribution is -2.33. The van der Waals surface area contributed by atoms with E-state index in [-0.39, 0.29) is 17.8 Å². The van der Waals surface area contributed by atoms with Gasteiger partial charge in [-0.1, -0.05) is 38.1 Å². The number of rotatable bonds is 6. The van der Waals surface area contributed by atoms with Gasteiger partial charge < -0.3 is 9.84 Å². The lowest BCUT2D eigenvalue weighted by molar-refractivity contribution is 0.321. The number of likely N-dealkylation sites (N-methyl/N-ethyl adjacent to an activating group) is 1. The number of halogens is 1. The molecule has 1 N–H and O–H groups in total. The molecule has 2 aromatic rings. The minimum atomic E-state index is -0.341. The van der Waals surface area contributed by atoms with Gasteiger partial charge in [0, 0.05) is 6.04 Å². The molecule has 2 unspecified atom stereocenters. The third-order valence-electron chi connectivity index (χ3n) is 3.46. The third-order valence-corrected chi connectivity index (χ3v) is 3.46. The molecule has 1 aromatic carbocycles. The van der Waals surface area contributed by atoms with Crippen LogP contribution in [-0.2, 0) is 0 Å². The first-order valence-electron chi connectivity index (χ1n) is 6.99. The SMILES string of the molecule is CCNC(CC)C(C)c1nc(-c2ccccc2F)no1. The number of nitrogens with zero attached hydrogens (tertiary/aromatic N) is 2. The van der Waals surface area contributed by atoms with Crippen LogP contribution in [0.4, 0.5) is 4.39 Å². The maximum atomic E-state index is 13.7. The molecule has 0 amide bonds. The first-order valence-corrected chi connectivity index (χ1v) is 6.99.